The van der Waals surface area contributed by atoms with Crippen LogP contribution in [0.25, 0.3) is 0 Å². The van der Waals surface area contributed by atoms with Gasteiger partial charge in [-0.15, -0.1) is 0 Å². The molecular formula is C35H43N3O5S2. The Kier molecular flexibility index (Phi) is 14.0. The minimum Gasteiger partial charge on any atom is -0.508 e. The second kappa shape index (κ2) is 18.4. The molecule has 45 heavy (non-hydrogen) atoms. The molecule has 240 valence electrons. The molecule has 0 bridgehead atoms. The van der Waals surface area contributed by atoms with Gasteiger partial charge in [-0.1, -0.05) is 101 Å². The van der Waals surface area contributed by atoms with Crippen molar-refractivity contribution in [2.45, 2.75) is 63.6 Å². The third-order valence-corrected chi connectivity index (χ3v) is 10.4. The van der Waals surface area contributed by atoms with Crippen LogP contribution in [-0.2, 0) is 33.8 Å². The largest absolute Gasteiger partial charge is 0.508 e. The number of aromatic hydroxyl groups is 1. The topological polar surface area (TPSA) is 113 Å². The van der Waals surface area contributed by atoms with Crippen LogP contribution in [-0.4, -0.2) is 69.5 Å². The summed E-state index contributed by atoms with van der Waals surface area (Å²) in [5, 5.41) is 9.79. The average molecular weight is 650 g/mol. The highest BCUT2D eigenvalue weighted by Gasteiger charge is 2.38. The first kappa shape index (κ1) is 34.2. The molecule has 3 N–H and O–H groups in total. The molecule has 1 heterocycles. The molecule has 1 saturated heterocycles. The average Bonchev–Trinajstić information content (AvgIpc) is 3.06. The quantitative estimate of drug-likeness (QED) is 0.279. The molecule has 1 aliphatic heterocycles. The Balaban J connectivity index is 1.70. The van der Waals surface area contributed by atoms with E-state index in [-0.39, 0.29) is 31.1 Å². The summed E-state index contributed by atoms with van der Waals surface area (Å²) in [6.45, 7) is 0.763. The van der Waals surface area contributed by atoms with Gasteiger partial charge in [0.25, 0.3) is 0 Å². The molecular weight excluding hydrogens is 607 g/mol. The fraction of sp³-hybridized carbons (Fsp3) is 0.400. The fourth-order valence-electron chi connectivity index (χ4n) is 5.36. The fourth-order valence-corrected chi connectivity index (χ4v) is 7.65. The Morgan fingerprint density at radius 3 is 2.04 bits per heavy atom. The van der Waals surface area contributed by atoms with Gasteiger partial charge in [-0.25, -0.2) is 4.79 Å². The third-order valence-electron chi connectivity index (χ3n) is 7.81. The number of phenols is 1. The van der Waals surface area contributed by atoms with Gasteiger partial charge in [0.05, 0.1) is 0 Å². The Morgan fingerprint density at radius 2 is 1.40 bits per heavy atom. The highest BCUT2D eigenvalue weighted by Crippen LogP contribution is 2.26. The summed E-state index contributed by atoms with van der Waals surface area (Å²) < 4.78 is 5.81. The van der Waals surface area contributed by atoms with E-state index in [9.17, 15) is 19.5 Å². The number of nitrogens with zero attached hydrogens (tertiary/aromatic N) is 2. The molecule has 0 saturated carbocycles. The number of phenolic OH excluding ortho intramolecular Hbond substituents is 1. The molecule has 0 radical (unpaired) electrons. The molecule has 3 amide bonds. The minimum atomic E-state index is -0.928. The van der Waals surface area contributed by atoms with E-state index in [0.717, 1.165) is 47.5 Å². The lowest BCUT2D eigenvalue weighted by Gasteiger charge is -2.37. The predicted octanol–water partition coefficient (Wildman–Crippen LogP) is 6.21. The van der Waals surface area contributed by atoms with Crippen LogP contribution in [0.1, 0.15) is 48.8 Å². The van der Waals surface area contributed by atoms with Crippen molar-refractivity contribution in [3.8, 4) is 5.75 Å². The number of primary amides is 1. The second-order valence-corrected chi connectivity index (χ2v) is 13.9. The van der Waals surface area contributed by atoms with Gasteiger partial charge in [0.15, 0.2) is 0 Å². The number of carbonyl (C=O) groups is 3. The zero-order chi connectivity index (χ0) is 31.9. The van der Waals surface area contributed by atoms with Crippen molar-refractivity contribution >= 4 is 39.5 Å². The van der Waals surface area contributed by atoms with Crippen LogP contribution < -0.4 is 5.73 Å². The first-order valence-corrected chi connectivity index (χ1v) is 18.0. The summed E-state index contributed by atoms with van der Waals surface area (Å²) in [4.78, 5) is 44.8. The van der Waals surface area contributed by atoms with Gasteiger partial charge in [0, 0.05) is 37.4 Å². The summed E-state index contributed by atoms with van der Waals surface area (Å²) in [6.07, 6.45) is 4.11. The number of amides is 3. The first-order chi connectivity index (χ1) is 21.9. The first-order valence-electron chi connectivity index (χ1n) is 15.6. The Hall–Kier alpha value is -3.63. The van der Waals surface area contributed by atoms with Gasteiger partial charge in [-0.2, -0.15) is 0 Å². The normalized spacial score (nSPS) is 18.0. The number of ether oxygens (including phenoxy) is 1. The van der Waals surface area contributed by atoms with Gasteiger partial charge < -0.3 is 20.5 Å². The van der Waals surface area contributed by atoms with E-state index < -0.39 is 24.1 Å². The van der Waals surface area contributed by atoms with E-state index in [2.05, 4.69) is 0 Å². The summed E-state index contributed by atoms with van der Waals surface area (Å²) >= 11 is 0. The van der Waals surface area contributed by atoms with Gasteiger partial charge in [0.2, 0.25) is 11.8 Å². The van der Waals surface area contributed by atoms with E-state index in [1.54, 1.807) is 34.1 Å². The molecule has 8 nitrogen and oxygen atoms in total. The summed E-state index contributed by atoms with van der Waals surface area (Å²) in [7, 11) is 3.70. The van der Waals surface area contributed by atoms with Gasteiger partial charge >= 0.3 is 6.09 Å². The summed E-state index contributed by atoms with van der Waals surface area (Å²) in [6, 6.07) is 23.8. The number of hydrogen-bond donors (Lipinski definition) is 2. The number of carbonyl (C=O) groups excluding carboxylic acids is 3. The van der Waals surface area contributed by atoms with E-state index in [1.807, 2.05) is 82.3 Å². The number of nitrogens with two attached hydrogens (primary N) is 1. The maximum atomic E-state index is 14.8. The highest BCUT2D eigenvalue weighted by molar-refractivity contribution is 8.76. The van der Waals surface area contributed by atoms with Crippen molar-refractivity contribution < 1.29 is 24.2 Å². The van der Waals surface area contributed by atoms with Crippen LogP contribution >= 0.6 is 21.6 Å². The van der Waals surface area contributed by atoms with Crippen molar-refractivity contribution in [2.75, 3.05) is 24.6 Å². The summed E-state index contributed by atoms with van der Waals surface area (Å²) in [5.41, 5.74) is 8.52. The van der Waals surface area contributed by atoms with Crippen molar-refractivity contribution in [2.24, 2.45) is 5.73 Å². The molecule has 0 unspecified atom stereocenters. The zero-order valence-electron chi connectivity index (χ0n) is 25.6. The molecule has 0 aromatic heterocycles. The molecule has 0 spiro atoms. The smallest absolute Gasteiger partial charge is 0.410 e. The highest BCUT2D eigenvalue weighted by atomic mass is 33.1. The van der Waals surface area contributed by atoms with Gasteiger partial charge in [-0.3, -0.25) is 14.5 Å². The predicted molar refractivity (Wildman–Crippen MR) is 182 cm³/mol. The van der Waals surface area contributed by atoms with Crippen LogP contribution in [0.5, 0.6) is 5.75 Å². The molecule has 3 aromatic rings. The van der Waals surface area contributed by atoms with Crippen LogP contribution in [0.2, 0.25) is 0 Å². The lowest BCUT2D eigenvalue weighted by atomic mass is 9.99. The maximum absolute atomic E-state index is 14.8. The van der Waals surface area contributed by atoms with E-state index in [4.69, 9.17) is 10.5 Å². The molecule has 10 heteroatoms. The van der Waals surface area contributed by atoms with Crippen molar-refractivity contribution in [1.29, 1.82) is 0 Å². The monoisotopic (exact) mass is 649 g/mol. The van der Waals surface area contributed by atoms with Crippen LogP contribution in [0.3, 0.4) is 0 Å². The number of rotatable bonds is 8. The Labute approximate surface area is 274 Å². The van der Waals surface area contributed by atoms with Crippen molar-refractivity contribution in [1.82, 2.24) is 9.80 Å². The standard InChI is InChI=1S/C35H43N3O5S2/c36-33(40)31(24-28-16-18-30(39)19-17-28)37-20-8-3-10-22-44-45-23-11-9-21-38(35(42)43-26-29-14-6-2-7-15-29)32(34(37)41)25-27-12-4-1-5-13-27/h1-2,4-7,12-19,31-32,39H,3,8-11,20-26H2,(H2,36,40)/t31-,32+/m0/s1. The molecule has 2 atom stereocenters. The summed E-state index contributed by atoms with van der Waals surface area (Å²) in [5.74, 6) is 1.15. The van der Waals surface area contributed by atoms with Gasteiger partial charge in [-0.05, 0) is 54.5 Å². The number of benzene rings is 3. The second-order valence-electron chi connectivity index (χ2n) is 11.2. The minimum absolute atomic E-state index is 0.0867. The van der Waals surface area contributed by atoms with Crippen molar-refractivity contribution in [3.05, 3.63) is 102 Å². The molecule has 1 aliphatic rings. The Bertz CT molecular complexity index is 1340. The maximum Gasteiger partial charge on any atom is 0.410 e. The van der Waals surface area contributed by atoms with E-state index in [0.29, 0.717) is 25.9 Å². The molecule has 4 rings (SSSR count). The number of hydrogen-bond acceptors (Lipinski definition) is 7. The lowest BCUT2D eigenvalue weighted by molar-refractivity contribution is -0.143. The third kappa shape index (κ3) is 11.0. The van der Waals surface area contributed by atoms with E-state index in [1.165, 1.54) is 0 Å². The molecule has 3 aromatic carbocycles. The van der Waals surface area contributed by atoms with Gasteiger partial charge in [0.1, 0.15) is 24.4 Å². The van der Waals surface area contributed by atoms with Crippen LogP contribution in [0.15, 0.2) is 84.9 Å². The van der Waals surface area contributed by atoms with Crippen LogP contribution in [0.4, 0.5) is 4.79 Å². The lowest BCUT2D eigenvalue weighted by Crippen LogP contribution is -2.58. The SMILES string of the molecule is NC(=O)[C@H](Cc1ccc(O)cc1)N1CCCCCSSCCCCN(C(=O)OCc2ccccc2)[C@H](Cc2ccccc2)C1=O. The van der Waals surface area contributed by atoms with Crippen LogP contribution in [0, 0.1) is 0 Å². The molecule has 0 aliphatic carbocycles. The van der Waals surface area contributed by atoms with E-state index >= 15 is 0 Å². The Morgan fingerprint density at radius 1 is 0.800 bits per heavy atom. The molecule has 1 fully saturated rings. The zero-order valence-corrected chi connectivity index (χ0v) is 27.2. The van der Waals surface area contributed by atoms with Crippen molar-refractivity contribution in [3.63, 3.8) is 0 Å².